The minimum absolute atomic E-state index is 0.0139. The molecule has 0 saturated carbocycles. The number of quaternary nitrogens is 1. The predicted molar refractivity (Wildman–Crippen MR) is 110 cm³/mol. The second-order valence-electron chi connectivity index (χ2n) is 5.76. The largest absolute Gasteiger partial charge is 0.595 e. The standard InChI is InChI=1S/C18H17N3O5S2/c1-26-15-7-11(5-6-14(15)22)8-16-17(23)20(18(27)28-16)10-19-12-3-2-4-13(9-12)21(24)25/h2-9,19,21-22,24H,10H2,1H3. The van der Waals surface area contributed by atoms with Gasteiger partial charge in [-0.1, -0.05) is 36.1 Å². The maximum atomic E-state index is 12.7. The Labute approximate surface area is 170 Å². The molecule has 0 aliphatic carbocycles. The summed E-state index contributed by atoms with van der Waals surface area (Å²) < 4.78 is 5.47. The summed E-state index contributed by atoms with van der Waals surface area (Å²) in [4.78, 5) is 14.5. The van der Waals surface area contributed by atoms with Gasteiger partial charge in [-0.05, 0) is 29.8 Å². The van der Waals surface area contributed by atoms with E-state index in [4.69, 9.17) is 22.2 Å². The van der Waals surface area contributed by atoms with Crippen LogP contribution in [0.2, 0.25) is 0 Å². The highest BCUT2D eigenvalue weighted by molar-refractivity contribution is 8.26. The summed E-state index contributed by atoms with van der Waals surface area (Å²) >= 11 is 6.46. The van der Waals surface area contributed by atoms with Gasteiger partial charge in [0.25, 0.3) is 5.91 Å². The number of phenolic OH excluding ortho intramolecular Hbond substituents is 1. The molecule has 2 aromatic rings. The summed E-state index contributed by atoms with van der Waals surface area (Å²) in [5.74, 6) is 0.0631. The Balaban J connectivity index is 1.72. The fourth-order valence-corrected chi connectivity index (χ4v) is 3.76. The van der Waals surface area contributed by atoms with Crippen LogP contribution in [0.25, 0.3) is 6.08 Å². The molecule has 10 heteroatoms. The van der Waals surface area contributed by atoms with Crippen LogP contribution in [-0.2, 0) is 4.79 Å². The van der Waals surface area contributed by atoms with Crippen molar-refractivity contribution >= 4 is 51.7 Å². The smallest absolute Gasteiger partial charge is 0.267 e. The lowest BCUT2D eigenvalue weighted by Gasteiger charge is -2.17. The predicted octanol–water partition coefficient (Wildman–Crippen LogP) is 2.08. The number of nitrogens with zero attached hydrogens (tertiary/aromatic N) is 1. The normalized spacial score (nSPS) is 16.5. The molecule has 1 unspecified atom stereocenters. The fraction of sp³-hybridized carbons (Fsp3) is 0.111. The Morgan fingerprint density at radius 2 is 2.14 bits per heavy atom. The summed E-state index contributed by atoms with van der Waals surface area (Å²) in [5, 5.41) is 31.8. The number of ether oxygens (including phenoxy) is 1. The molecule has 1 saturated heterocycles. The van der Waals surface area contributed by atoms with E-state index < -0.39 is 5.23 Å². The topological polar surface area (TPSA) is 110 Å². The summed E-state index contributed by atoms with van der Waals surface area (Å²) in [7, 11) is 1.45. The Morgan fingerprint density at radius 3 is 2.86 bits per heavy atom. The molecule has 1 atom stereocenters. The molecule has 28 heavy (non-hydrogen) atoms. The van der Waals surface area contributed by atoms with E-state index in [1.165, 1.54) is 42.0 Å². The lowest BCUT2D eigenvalue weighted by Crippen LogP contribution is -2.99. The van der Waals surface area contributed by atoms with Crippen molar-refractivity contribution in [2.24, 2.45) is 0 Å². The molecule has 0 bridgehead atoms. The van der Waals surface area contributed by atoms with Gasteiger partial charge in [0.1, 0.15) is 4.32 Å². The maximum Gasteiger partial charge on any atom is 0.267 e. The Bertz CT molecular complexity index is 949. The maximum absolute atomic E-state index is 12.7. The van der Waals surface area contributed by atoms with Gasteiger partial charge in [-0.3, -0.25) is 9.69 Å². The molecule has 8 nitrogen and oxygen atoms in total. The SMILES string of the molecule is COc1cc(C=C2SC(=S)N(CNc3cccc([NH+]([O-])O)c3)C2=O)ccc1O. The van der Waals surface area contributed by atoms with E-state index in [1.807, 2.05) is 0 Å². The van der Waals surface area contributed by atoms with Gasteiger partial charge < -0.3 is 20.4 Å². The van der Waals surface area contributed by atoms with Gasteiger partial charge in [-0.2, -0.15) is 5.23 Å². The van der Waals surface area contributed by atoms with E-state index in [2.05, 4.69) is 5.32 Å². The highest BCUT2D eigenvalue weighted by atomic mass is 32.2. The molecular weight excluding hydrogens is 402 g/mol. The number of aromatic hydroxyl groups is 1. The van der Waals surface area contributed by atoms with Gasteiger partial charge in [0, 0.05) is 17.8 Å². The third-order valence-corrected chi connectivity index (χ3v) is 5.30. The van der Waals surface area contributed by atoms with Crippen LogP contribution < -0.4 is 15.3 Å². The average molecular weight is 419 g/mol. The number of nitrogens with one attached hydrogen (secondary N) is 2. The van der Waals surface area contributed by atoms with Gasteiger partial charge in [-0.15, -0.1) is 0 Å². The van der Waals surface area contributed by atoms with E-state index in [0.29, 0.717) is 26.2 Å². The van der Waals surface area contributed by atoms with Gasteiger partial charge in [0.15, 0.2) is 17.2 Å². The number of thioether (sulfide) groups is 1. The number of rotatable bonds is 6. The Morgan fingerprint density at radius 1 is 1.36 bits per heavy atom. The van der Waals surface area contributed by atoms with Crippen molar-refractivity contribution in [1.82, 2.24) is 4.90 Å². The van der Waals surface area contributed by atoms with Gasteiger partial charge in [0.05, 0.1) is 18.7 Å². The number of methoxy groups -OCH3 is 1. The third-order valence-electron chi connectivity index (χ3n) is 3.93. The molecule has 4 N–H and O–H groups in total. The van der Waals surface area contributed by atoms with Gasteiger partial charge >= 0.3 is 0 Å². The number of hydrogen-bond acceptors (Lipinski definition) is 8. The summed E-state index contributed by atoms with van der Waals surface area (Å²) in [6.45, 7) is 0.115. The van der Waals surface area contributed by atoms with E-state index in [-0.39, 0.29) is 24.0 Å². The van der Waals surface area contributed by atoms with Crippen LogP contribution in [0.4, 0.5) is 11.4 Å². The zero-order valence-electron chi connectivity index (χ0n) is 14.7. The number of carbonyl (C=O) groups excluding carboxylic acids is 1. The number of phenols is 1. The highest BCUT2D eigenvalue weighted by Gasteiger charge is 2.31. The fourth-order valence-electron chi connectivity index (χ4n) is 2.50. The number of carbonyl (C=O) groups is 1. The molecule has 1 aliphatic rings. The lowest BCUT2D eigenvalue weighted by atomic mass is 10.2. The van der Waals surface area contributed by atoms with Crippen LogP contribution in [0, 0.1) is 5.21 Å². The molecule has 146 valence electrons. The van der Waals surface area contributed by atoms with Crippen molar-refractivity contribution in [2.45, 2.75) is 0 Å². The molecule has 2 aromatic carbocycles. The van der Waals surface area contributed by atoms with Crippen LogP contribution in [0.3, 0.4) is 0 Å². The number of benzene rings is 2. The molecule has 1 fully saturated rings. The molecule has 0 aromatic heterocycles. The quantitative estimate of drug-likeness (QED) is 0.320. The second kappa shape index (κ2) is 8.59. The zero-order chi connectivity index (χ0) is 20.3. The second-order valence-corrected chi connectivity index (χ2v) is 7.44. The number of amides is 1. The number of anilines is 1. The zero-order valence-corrected chi connectivity index (χ0v) is 16.3. The van der Waals surface area contributed by atoms with Crippen molar-refractivity contribution in [3.05, 3.63) is 58.1 Å². The molecule has 0 radical (unpaired) electrons. The molecule has 0 spiro atoms. The minimum atomic E-state index is -1.03. The van der Waals surface area contributed by atoms with Crippen molar-refractivity contribution in [2.75, 3.05) is 19.1 Å². The molecule has 3 rings (SSSR count). The first kappa shape index (κ1) is 20.1. The van der Waals surface area contributed by atoms with Crippen molar-refractivity contribution < 1.29 is 25.1 Å². The van der Waals surface area contributed by atoms with E-state index in [9.17, 15) is 15.1 Å². The van der Waals surface area contributed by atoms with Crippen LogP contribution >= 0.6 is 24.0 Å². The van der Waals surface area contributed by atoms with Crippen LogP contribution in [0.5, 0.6) is 11.5 Å². The monoisotopic (exact) mass is 419 g/mol. The van der Waals surface area contributed by atoms with E-state index in [1.54, 1.807) is 30.3 Å². The highest BCUT2D eigenvalue weighted by Crippen LogP contribution is 2.34. The van der Waals surface area contributed by atoms with Gasteiger partial charge in [0.2, 0.25) is 0 Å². The first-order valence-corrected chi connectivity index (χ1v) is 9.31. The Hall–Kier alpha value is -2.63. The van der Waals surface area contributed by atoms with Crippen molar-refractivity contribution in [3.63, 3.8) is 0 Å². The molecule has 1 heterocycles. The summed E-state index contributed by atoms with van der Waals surface area (Å²) in [5.41, 5.74) is 1.41. The summed E-state index contributed by atoms with van der Waals surface area (Å²) in [6.07, 6.45) is 1.67. The van der Waals surface area contributed by atoms with Crippen molar-refractivity contribution in [3.8, 4) is 11.5 Å². The molecular formula is C18H17N3O5S2. The first-order valence-electron chi connectivity index (χ1n) is 8.08. The number of thiocarbonyl (C=S) groups is 1. The van der Waals surface area contributed by atoms with Crippen LogP contribution in [-0.4, -0.2) is 39.2 Å². The first-order chi connectivity index (χ1) is 13.4. The minimum Gasteiger partial charge on any atom is -0.595 e. The average Bonchev–Trinajstić information content (AvgIpc) is 2.94. The van der Waals surface area contributed by atoms with Crippen LogP contribution in [0.15, 0.2) is 47.4 Å². The lowest BCUT2D eigenvalue weighted by molar-refractivity contribution is -0.991. The van der Waals surface area contributed by atoms with Crippen LogP contribution in [0.1, 0.15) is 5.56 Å². The Kier molecular flexibility index (Phi) is 6.17. The third kappa shape index (κ3) is 4.43. The van der Waals surface area contributed by atoms with Crippen molar-refractivity contribution in [1.29, 1.82) is 0 Å². The number of hydrogen-bond donors (Lipinski definition) is 4. The molecule has 1 aliphatic heterocycles. The molecule has 1 amide bonds. The van der Waals surface area contributed by atoms with E-state index in [0.717, 1.165) is 0 Å². The summed E-state index contributed by atoms with van der Waals surface area (Å²) in [6, 6.07) is 11.1. The van der Waals surface area contributed by atoms with E-state index >= 15 is 0 Å². The van der Waals surface area contributed by atoms with Gasteiger partial charge in [-0.25, -0.2) is 5.21 Å².